The maximum Gasteiger partial charge on any atom is 0.228 e. The zero-order chi connectivity index (χ0) is 20.4. The summed E-state index contributed by atoms with van der Waals surface area (Å²) in [7, 11) is 1.63. The van der Waals surface area contributed by atoms with Crippen molar-refractivity contribution in [2.45, 2.75) is 33.4 Å². The number of nitrogens with one attached hydrogen (secondary N) is 1. The third-order valence-electron chi connectivity index (χ3n) is 5.53. The summed E-state index contributed by atoms with van der Waals surface area (Å²) < 4.78 is 7.55. The van der Waals surface area contributed by atoms with Crippen molar-refractivity contribution in [1.82, 2.24) is 4.57 Å². The number of amides is 1. The van der Waals surface area contributed by atoms with Crippen LogP contribution in [-0.4, -0.2) is 24.1 Å². The molecule has 2 heterocycles. The first kappa shape index (κ1) is 19.1. The second kappa shape index (κ2) is 8.03. The van der Waals surface area contributed by atoms with E-state index in [9.17, 15) is 4.79 Å². The monoisotopic (exact) mass is 389 g/mol. The number of nitrogens with zero attached hydrogens (tertiary/aromatic N) is 2. The molecule has 5 heteroatoms. The van der Waals surface area contributed by atoms with Crippen LogP contribution in [0.2, 0.25) is 0 Å². The molecule has 4 rings (SSSR count). The summed E-state index contributed by atoms with van der Waals surface area (Å²) in [4.78, 5) is 15.0. The van der Waals surface area contributed by atoms with Crippen molar-refractivity contribution < 1.29 is 9.53 Å². The Kier molecular flexibility index (Phi) is 5.30. The van der Waals surface area contributed by atoms with E-state index in [0.29, 0.717) is 6.42 Å². The number of hydrogen-bond acceptors (Lipinski definition) is 3. The molecule has 2 aromatic carbocycles. The van der Waals surface area contributed by atoms with Crippen molar-refractivity contribution in [2.24, 2.45) is 0 Å². The normalized spacial score (nSPS) is 13.1. The third-order valence-corrected chi connectivity index (χ3v) is 5.53. The van der Waals surface area contributed by atoms with Gasteiger partial charge < -0.3 is 19.5 Å². The second-order valence-corrected chi connectivity index (χ2v) is 7.65. The molecule has 0 atom stereocenters. The minimum atomic E-state index is -0.0204. The maximum atomic E-state index is 12.6. The number of methoxy groups -OCH3 is 1. The standard InChI is InChI=1S/C24H27N3O2/c1-17-12-21(27-11-10-26-9-5-7-20(26)16-27)13-18(2)24(17)25-23(28)15-19-6-4-8-22(14-19)29-3/h4-9,12-14H,10-11,15-16H2,1-3H3,(H,25,28). The molecule has 1 amide bonds. The quantitative estimate of drug-likeness (QED) is 0.707. The van der Waals surface area contributed by atoms with Gasteiger partial charge >= 0.3 is 0 Å². The van der Waals surface area contributed by atoms with Crippen LogP contribution in [0.5, 0.6) is 5.75 Å². The van der Waals surface area contributed by atoms with Gasteiger partial charge in [-0.05, 0) is 66.9 Å². The third kappa shape index (κ3) is 4.14. The predicted octanol–water partition coefficient (Wildman–Crippen LogP) is 4.31. The number of aromatic nitrogens is 1. The van der Waals surface area contributed by atoms with Gasteiger partial charge in [0.2, 0.25) is 5.91 Å². The van der Waals surface area contributed by atoms with Gasteiger partial charge in [-0.3, -0.25) is 4.79 Å². The molecular weight excluding hydrogens is 362 g/mol. The Morgan fingerprint density at radius 3 is 2.62 bits per heavy atom. The van der Waals surface area contributed by atoms with Crippen LogP contribution in [-0.2, 0) is 24.3 Å². The molecule has 0 radical (unpaired) electrons. The Hall–Kier alpha value is -3.21. The Balaban J connectivity index is 1.48. The highest BCUT2D eigenvalue weighted by Crippen LogP contribution is 2.29. The Morgan fingerprint density at radius 1 is 1.07 bits per heavy atom. The smallest absolute Gasteiger partial charge is 0.228 e. The number of fused-ring (bicyclic) bond motifs is 1. The van der Waals surface area contributed by atoms with Gasteiger partial charge in [0, 0.05) is 36.4 Å². The molecule has 0 aliphatic carbocycles. The van der Waals surface area contributed by atoms with E-state index in [0.717, 1.165) is 47.8 Å². The molecule has 0 bridgehead atoms. The lowest BCUT2D eigenvalue weighted by atomic mass is 10.1. The van der Waals surface area contributed by atoms with Crippen LogP contribution in [0.25, 0.3) is 0 Å². The summed E-state index contributed by atoms with van der Waals surface area (Å²) in [5.74, 6) is 0.743. The highest BCUT2D eigenvalue weighted by molar-refractivity contribution is 5.94. The van der Waals surface area contributed by atoms with E-state index in [1.165, 1.54) is 11.4 Å². The maximum absolute atomic E-state index is 12.6. The number of carbonyl (C=O) groups excluding carboxylic acids is 1. The molecule has 5 nitrogen and oxygen atoms in total. The SMILES string of the molecule is COc1cccc(CC(=O)Nc2c(C)cc(N3CCn4cccc4C3)cc2C)c1. The molecule has 1 N–H and O–H groups in total. The molecule has 3 aromatic rings. The molecule has 29 heavy (non-hydrogen) atoms. The highest BCUT2D eigenvalue weighted by Gasteiger charge is 2.18. The average Bonchev–Trinajstić information content (AvgIpc) is 3.18. The van der Waals surface area contributed by atoms with Crippen LogP contribution in [0.15, 0.2) is 54.7 Å². The van der Waals surface area contributed by atoms with Gasteiger partial charge in [0.25, 0.3) is 0 Å². The molecule has 1 aliphatic rings. The van der Waals surface area contributed by atoms with Crippen LogP contribution in [0.1, 0.15) is 22.4 Å². The molecule has 0 saturated heterocycles. The molecular formula is C24H27N3O2. The van der Waals surface area contributed by atoms with Crippen molar-refractivity contribution in [3.63, 3.8) is 0 Å². The minimum Gasteiger partial charge on any atom is -0.497 e. The van der Waals surface area contributed by atoms with Gasteiger partial charge in [-0.2, -0.15) is 0 Å². The minimum absolute atomic E-state index is 0.0204. The van der Waals surface area contributed by atoms with Crippen molar-refractivity contribution in [3.8, 4) is 5.75 Å². The van der Waals surface area contributed by atoms with E-state index in [4.69, 9.17) is 4.74 Å². The molecule has 150 valence electrons. The topological polar surface area (TPSA) is 46.5 Å². The predicted molar refractivity (Wildman–Crippen MR) is 117 cm³/mol. The number of ether oxygens (including phenoxy) is 1. The fraction of sp³-hybridized carbons (Fsp3) is 0.292. The van der Waals surface area contributed by atoms with Crippen LogP contribution < -0.4 is 15.0 Å². The Morgan fingerprint density at radius 2 is 1.86 bits per heavy atom. The van der Waals surface area contributed by atoms with E-state index < -0.39 is 0 Å². The largest absolute Gasteiger partial charge is 0.497 e. The lowest BCUT2D eigenvalue weighted by molar-refractivity contribution is -0.115. The Labute approximate surface area is 171 Å². The summed E-state index contributed by atoms with van der Waals surface area (Å²) in [5, 5.41) is 3.10. The fourth-order valence-corrected chi connectivity index (χ4v) is 4.01. The van der Waals surface area contributed by atoms with E-state index in [1.54, 1.807) is 7.11 Å². The molecule has 1 aromatic heterocycles. The zero-order valence-electron chi connectivity index (χ0n) is 17.2. The van der Waals surface area contributed by atoms with Crippen LogP contribution in [0.4, 0.5) is 11.4 Å². The molecule has 0 saturated carbocycles. The first-order valence-electron chi connectivity index (χ1n) is 9.96. The fourth-order valence-electron chi connectivity index (χ4n) is 4.01. The molecule has 1 aliphatic heterocycles. The van der Waals surface area contributed by atoms with E-state index in [2.05, 4.69) is 59.1 Å². The summed E-state index contributed by atoms with van der Waals surface area (Å²) in [5.41, 5.74) is 6.55. The summed E-state index contributed by atoms with van der Waals surface area (Å²) in [6.45, 7) is 7.02. The number of rotatable bonds is 5. The van der Waals surface area contributed by atoms with Gasteiger partial charge in [0.1, 0.15) is 5.75 Å². The average molecular weight is 389 g/mol. The highest BCUT2D eigenvalue weighted by atomic mass is 16.5. The van der Waals surface area contributed by atoms with Crippen molar-refractivity contribution in [3.05, 3.63) is 77.1 Å². The number of carbonyl (C=O) groups is 1. The molecule has 0 fully saturated rings. The molecule has 0 spiro atoms. The van der Waals surface area contributed by atoms with Crippen molar-refractivity contribution in [2.75, 3.05) is 23.9 Å². The van der Waals surface area contributed by atoms with Crippen molar-refractivity contribution in [1.29, 1.82) is 0 Å². The number of anilines is 2. The lowest BCUT2D eigenvalue weighted by Gasteiger charge is -2.31. The van der Waals surface area contributed by atoms with Crippen LogP contribution in [0.3, 0.4) is 0 Å². The second-order valence-electron chi connectivity index (χ2n) is 7.65. The summed E-state index contributed by atoms with van der Waals surface area (Å²) in [6.07, 6.45) is 2.46. The number of aryl methyl sites for hydroxylation is 2. The summed E-state index contributed by atoms with van der Waals surface area (Å²) in [6, 6.07) is 16.3. The van der Waals surface area contributed by atoms with Crippen LogP contribution >= 0.6 is 0 Å². The van der Waals surface area contributed by atoms with E-state index in [-0.39, 0.29) is 5.91 Å². The number of hydrogen-bond donors (Lipinski definition) is 1. The summed E-state index contributed by atoms with van der Waals surface area (Å²) >= 11 is 0. The first-order chi connectivity index (χ1) is 14.0. The lowest BCUT2D eigenvalue weighted by Crippen LogP contribution is -2.33. The molecule has 0 unspecified atom stereocenters. The van der Waals surface area contributed by atoms with Gasteiger partial charge in [-0.25, -0.2) is 0 Å². The van der Waals surface area contributed by atoms with E-state index >= 15 is 0 Å². The van der Waals surface area contributed by atoms with Gasteiger partial charge in [0.15, 0.2) is 0 Å². The zero-order valence-corrected chi connectivity index (χ0v) is 17.2. The first-order valence-corrected chi connectivity index (χ1v) is 9.96. The van der Waals surface area contributed by atoms with Gasteiger partial charge in [-0.15, -0.1) is 0 Å². The van der Waals surface area contributed by atoms with Gasteiger partial charge in [0.05, 0.1) is 20.1 Å². The Bertz CT molecular complexity index is 1020. The van der Waals surface area contributed by atoms with E-state index in [1.807, 2.05) is 24.3 Å². The van der Waals surface area contributed by atoms with Gasteiger partial charge in [-0.1, -0.05) is 12.1 Å². The number of benzene rings is 2. The van der Waals surface area contributed by atoms with Crippen LogP contribution in [0, 0.1) is 13.8 Å². The van der Waals surface area contributed by atoms with Crippen molar-refractivity contribution >= 4 is 17.3 Å².